The van der Waals surface area contributed by atoms with Gasteiger partial charge in [0.1, 0.15) is 5.76 Å². The molecule has 3 aromatic heterocycles. The molecule has 4 heterocycles. The second kappa shape index (κ2) is 6.75. The molecule has 0 aliphatic carbocycles. The summed E-state index contributed by atoms with van der Waals surface area (Å²) in [6.07, 6.45) is 9.14. The number of aryl methyl sites for hydroxylation is 2. The largest absolute Gasteiger partial charge is 0.440 e. The number of carbonyl (C=O) groups is 1. The van der Waals surface area contributed by atoms with Crippen molar-refractivity contribution in [3.63, 3.8) is 0 Å². The molecular weight excluding hydrogens is 336 g/mol. The summed E-state index contributed by atoms with van der Waals surface area (Å²) in [5.74, 6) is 0.487. The third-order valence-corrected chi connectivity index (χ3v) is 4.27. The fourth-order valence-electron chi connectivity index (χ4n) is 2.98. The van der Waals surface area contributed by atoms with Gasteiger partial charge < -0.3 is 14.5 Å². The van der Waals surface area contributed by atoms with Gasteiger partial charge in [-0.3, -0.25) is 14.2 Å². The molecule has 0 radical (unpaired) electrons. The third kappa shape index (κ3) is 3.38. The highest BCUT2D eigenvalue weighted by Gasteiger charge is 2.20. The summed E-state index contributed by atoms with van der Waals surface area (Å²) in [6.45, 7) is 3.20. The van der Waals surface area contributed by atoms with Crippen LogP contribution >= 0.6 is 0 Å². The molecule has 9 heteroatoms. The van der Waals surface area contributed by atoms with E-state index in [4.69, 9.17) is 9.15 Å². The Morgan fingerprint density at radius 2 is 2.23 bits per heavy atom. The average Bonchev–Trinajstić information content (AvgIpc) is 3.36. The zero-order valence-electron chi connectivity index (χ0n) is 14.7. The van der Waals surface area contributed by atoms with E-state index < -0.39 is 0 Å². The van der Waals surface area contributed by atoms with Gasteiger partial charge in [0.25, 0.3) is 5.91 Å². The molecule has 1 fully saturated rings. The van der Waals surface area contributed by atoms with Crippen LogP contribution in [0.1, 0.15) is 29.1 Å². The molecule has 3 aromatic rings. The van der Waals surface area contributed by atoms with Gasteiger partial charge in [0.05, 0.1) is 36.3 Å². The van der Waals surface area contributed by atoms with Gasteiger partial charge in [-0.05, 0) is 19.8 Å². The van der Waals surface area contributed by atoms with Crippen LogP contribution in [0.4, 0.5) is 5.69 Å². The average molecular weight is 356 g/mol. The zero-order chi connectivity index (χ0) is 18.1. The van der Waals surface area contributed by atoms with Crippen molar-refractivity contribution < 1.29 is 13.9 Å². The predicted octanol–water partition coefficient (Wildman–Crippen LogP) is 2.01. The summed E-state index contributed by atoms with van der Waals surface area (Å²) >= 11 is 0. The van der Waals surface area contributed by atoms with Crippen LogP contribution in [0.3, 0.4) is 0 Å². The molecule has 1 amide bonds. The first-order chi connectivity index (χ1) is 12.6. The second-order valence-corrected chi connectivity index (χ2v) is 6.37. The van der Waals surface area contributed by atoms with Crippen molar-refractivity contribution in [1.82, 2.24) is 24.5 Å². The van der Waals surface area contributed by atoms with E-state index in [0.717, 1.165) is 25.0 Å². The molecule has 0 aromatic carbocycles. The molecule has 136 valence electrons. The molecule has 1 atom stereocenters. The number of nitrogens with zero attached hydrogens (tertiary/aromatic N) is 5. The Bertz CT molecular complexity index is 919. The molecule has 9 nitrogen and oxygen atoms in total. The minimum Gasteiger partial charge on any atom is -0.440 e. The second-order valence-electron chi connectivity index (χ2n) is 6.37. The quantitative estimate of drug-likeness (QED) is 0.751. The summed E-state index contributed by atoms with van der Waals surface area (Å²) in [6, 6.07) is 0. The predicted molar refractivity (Wildman–Crippen MR) is 92.6 cm³/mol. The monoisotopic (exact) mass is 356 g/mol. The number of hydrogen-bond donors (Lipinski definition) is 1. The number of amides is 1. The van der Waals surface area contributed by atoms with Gasteiger partial charge in [-0.2, -0.15) is 10.2 Å². The SMILES string of the molecule is Cc1oc(-c2cnn(C)c2)nc1C(=O)Nc1cnn(CC2CCCO2)c1. The van der Waals surface area contributed by atoms with E-state index in [2.05, 4.69) is 20.5 Å². The van der Waals surface area contributed by atoms with Crippen LogP contribution in [0, 0.1) is 6.92 Å². The first kappa shape index (κ1) is 16.5. The van der Waals surface area contributed by atoms with E-state index >= 15 is 0 Å². The van der Waals surface area contributed by atoms with Crippen LogP contribution in [-0.4, -0.2) is 43.2 Å². The molecule has 0 saturated carbocycles. The van der Waals surface area contributed by atoms with Crippen LogP contribution in [-0.2, 0) is 18.3 Å². The first-order valence-electron chi connectivity index (χ1n) is 8.50. The van der Waals surface area contributed by atoms with E-state index in [0.29, 0.717) is 23.9 Å². The van der Waals surface area contributed by atoms with Gasteiger partial charge in [-0.1, -0.05) is 0 Å². The van der Waals surface area contributed by atoms with Gasteiger partial charge in [-0.25, -0.2) is 4.98 Å². The summed E-state index contributed by atoms with van der Waals surface area (Å²) in [5.41, 5.74) is 1.58. The maximum Gasteiger partial charge on any atom is 0.278 e. The summed E-state index contributed by atoms with van der Waals surface area (Å²) < 4.78 is 14.6. The van der Waals surface area contributed by atoms with E-state index in [-0.39, 0.29) is 17.7 Å². The van der Waals surface area contributed by atoms with Crippen LogP contribution < -0.4 is 5.32 Å². The Morgan fingerprint density at radius 3 is 2.96 bits per heavy atom. The lowest BCUT2D eigenvalue weighted by Crippen LogP contribution is -2.15. The van der Waals surface area contributed by atoms with Gasteiger partial charge in [0.15, 0.2) is 5.69 Å². The highest BCUT2D eigenvalue weighted by atomic mass is 16.5. The molecule has 1 N–H and O–H groups in total. The number of anilines is 1. The summed E-state index contributed by atoms with van der Waals surface area (Å²) in [7, 11) is 1.81. The van der Waals surface area contributed by atoms with Crippen molar-refractivity contribution in [2.75, 3.05) is 11.9 Å². The van der Waals surface area contributed by atoms with Gasteiger partial charge >= 0.3 is 0 Å². The van der Waals surface area contributed by atoms with Crippen LogP contribution in [0.5, 0.6) is 0 Å². The Morgan fingerprint density at radius 1 is 1.35 bits per heavy atom. The zero-order valence-corrected chi connectivity index (χ0v) is 14.7. The Labute approximate surface area is 150 Å². The molecule has 1 aliphatic heterocycles. The van der Waals surface area contributed by atoms with E-state index in [1.807, 2.05) is 0 Å². The van der Waals surface area contributed by atoms with Crippen LogP contribution in [0.2, 0.25) is 0 Å². The number of hydrogen-bond acceptors (Lipinski definition) is 6. The number of ether oxygens (including phenoxy) is 1. The smallest absolute Gasteiger partial charge is 0.278 e. The fraction of sp³-hybridized carbons (Fsp3) is 0.412. The lowest BCUT2D eigenvalue weighted by Gasteiger charge is -2.08. The highest BCUT2D eigenvalue weighted by Crippen LogP contribution is 2.22. The number of nitrogens with one attached hydrogen (secondary N) is 1. The topological polar surface area (TPSA) is 100 Å². The minimum absolute atomic E-state index is 0.193. The number of rotatable bonds is 5. The van der Waals surface area contributed by atoms with Crippen LogP contribution in [0.15, 0.2) is 29.2 Å². The Hall–Kier alpha value is -2.94. The third-order valence-electron chi connectivity index (χ3n) is 4.27. The Kier molecular flexibility index (Phi) is 4.29. The Balaban J connectivity index is 1.45. The number of carbonyl (C=O) groups excluding carboxylic acids is 1. The lowest BCUT2D eigenvalue weighted by atomic mass is 10.2. The molecule has 1 saturated heterocycles. The molecule has 0 bridgehead atoms. The van der Waals surface area contributed by atoms with Gasteiger partial charge in [0.2, 0.25) is 5.89 Å². The molecule has 4 rings (SSSR count). The number of aromatic nitrogens is 5. The normalized spacial score (nSPS) is 16.9. The van der Waals surface area contributed by atoms with E-state index in [9.17, 15) is 4.79 Å². The highest BCUT2D eigenvalue weighted by molar-refractivity contribution is 6.03. The van der Waals surface area contributed by atoms with Crippen molar-refractivity contribution in [1.29, 1.82) is 0 Å². The molecule has 26 heavy (non-hydrogen) atoms. The van der Waals surface area contributed by atoms with Crippen molar-refractivity contribution in [2.45, 2.75) is 32.4 Å². The molecule has 0 spiro atoms. The number of oxazole rings is 1. The standard InChI is InChI=1S/C17H20N6O3/c1-11-15(21-17(26-11)12-6-18-22(2)8-12)16(24)20-13-7-19-23(9-13)10-14-4-3-5-25-14/h6-9,14H,3-5,10H2,1-2H3,(H,20,24). The molecule has 1 unspecified atom stereocenters. The first-order valence-corrected chi connectivity index (χ1v) is 8.50. The van der Waals surface area contributed by atoms with E-state index in [1.165, 1.54) is 0 Å². The summed E-state index contributed by atoms with van der Waals surface area (Å²) in [4.78, 5) is 16.8. The van der Waals surface area contributed by atoms with Crippen molar-refractivity contribution in [3.05, 3.63) is 36.2 Å². The fourth-order valence-corrected chi connectivity index (χ4v) is 2.98. The maximum atomic E-state index is 12.5. The van der Waals surface area contributed by atoms with Gasteiger partial charge in [0, 0.05) is 26.0 Å². The van der Waals surface area contributed by atoms with Crippen molar-refractivity contribution >= 4 is 11.6 Å². The molecule has 1 aliphatic rings. The summed E-state index contributed by atoms with van der Waals surface area (Å²) in [5, 5.41) is 11.2. The van der Waals surface area contributed by atoms with Gasteiger partial charge in [-0.15, -0.1) is 0 Å². The van der Waals surface area contributed by atoms with E-state index in [1.54, 1.807) is 48.1 Å². The van der Waals surface area contributed by atoms with Crippen molar-refractivity contribution in [2.24, 2.45) is 7.05 Å². The van der Waals surface area contributed by atoms with Crippen LogP contribution in [0.25, 0.3) is 11.5 Å². The lowest BCUT2D eigenvalue weighted by molar-refractivity contribution is 0.0940. The molecular formula is C17H20N6O3. The van der Waals surface area contributed by atoms with Crippen molar-refractivity contribution in [3.8, 4) is 11.5 Å². The minimum atomic E-state index is -0.335. The maximum absolute atomic E-state index is 12.5.